The van der Waals surface area contributed by atoms with Gasteiger partial charge < -0.3 is 4.90 Å². The van der Waals surface area contributed by atoms with Crippen LogP contribution in [0.15, 0.2) is 52.4 Å². The molecule has 3 rings (SSSR count). The van der Waals surface area contributed by atoms with Crippen molar-refractivity contribution in [1.29, 1.82) is 0 Å². The largest absolute Gasteiger partial charge is 0.347 e. The molecule has 0 atom stereocenters. The molecule has 2 heterocycles. The molecule has 0 bridgehead atoms. The van der Waals surface area contributed by atoms with Crippen LogP contribution >= 0.6 is 11.8 Å². The number of fused-ring (bicyclic) bond motifs is 1. The van der Waals surface area contributed by atoms with Gasteiger partial charge in [0.2, 0.25) is 0 Å². The second-order valence-corrected chi connectivity index (χ2v) is 8.23. The van der Waals surface area contributed by atoms with E-state index in [1.165, 1.54) is 23.0 Å². The van der Waals surface area contributed by atoms with Crippen molar-refractivity contribution in [1.82, 2.24) is 15.4 Å². The van der Waals surface area contributed by atoms with Gasteiger partial charge in [0.1, 0.15) is 0 Å². The topological polar surface area (TPSA) is 70.5 Å². The molecule has 28 heavy (non-hydrogen) atoms. The Morgan fingerprint density at radius 1 is 1.25 bits per heavy atom. The zero-order chi connectivity index (χ0) is 20.3. The van der Waals surface area contributed by atoms with Gasteiger partial charge in [0, 0.05) is 41.4 Å². The fourth-order valence-electron chi connectivity index (χ4n) is 3.44. The monoisotopic (exact) mass is 395 g/mol. The summed E-state index contributed by atoms with van der Waals surface area (Å²) in [4.78, 5) is 22.8. The van der Waals surface area contributed by atoms with Crippen LogP contribution in [-0.2, 0) is 10.2 Å². The number of hydrogen-bond donors (Lipinski definition) is 1. The summed E-state index contributed by atoms with van der Waals surface area (Å²) in [5.41, 5.74) is 7.84. The molecule has 2 aromatic rings. The Kier molecular flexibility index (Phi) is 5.84. The molecule has 0 aliphatic carbocycles. The Morgan fingerprint density at radius 3 is 2.61 bits per heavy atom. The number of anilines is 1. The normalized spacial score (nSPS) is 16.6. The molecule has 7 heteroatoms. The maximum atomic E-state index is 12.0. The number of benzene rings is 1. The Labute approximate surface area is 170 Å². The minimum atomic E-state index is -0.190. The predicted molar refractivity (Wildman–Crippen MR) is 115 cm³/mol. The first kappa shape index (κ1) is 20.1. The summed E-state index contributed by atoms with van der Waals surface area (Å²) < 4.78 is 0. The molecule has 0 saturated heterocycles. The first-order chi connectivity index (χ1) is 13.3. The predicted octanol–water partition coefficient (Wildman–Crippen LogP) is 3.60. The molecule has 6 nitrogen and oxygen atoms in total. The number of nitrogens with zero attached hydrogens (tertiary/aromatic N) is 4. The number of likely N-dealkylation sites (N-methyl/N-ethyl adjacent to an activating group) is 1. The fraction of sp³-hybridized carbons (Fsp3) is 0.333. The third kappa shape index (κ3) is 4.25. The third-order valence-electron chi connectivity index (χ3n) is 4.73. The number of carbonyl (C=O) groups excluding carboxylic acids is 1. The molecule has 1 aromatic heterocycles. The van der Waals surface area contributed by atoms with Crippen molar-refractivity contribution in [3.63, 3.8) is 0 Å². The van der Waals surface area contributed by atoms with Crippen LogP contribution in [0.2, 0.25) is 0 Å². The summed E-state index contributed by atoms with van der Waals surface area (Å²) in [5, 5.41) is 4.67. The molecule has 1 aromatic carbocycles. The van der Waals surface area contributed by atoms with Crippen molar-refractivity contribution in [3.05, 3.63) is 59.1 Å². The summed E-state index contributed by atoms with van der Waals surface area (Å²) in [6.07, 6.45) is 3.58. The van der Waals surface area contributed by atoms with Crippen molar-refractivity contribution >= 4 is 29.6 Å². The highest BCUT2D eigenvalue weighted by Crippen LogP contribution is 2.46. The van der Waals surface area contributed by atoms with Crippen LogP contribution in [0.5, 0.6) is 0 Å². The number of rotatable bonds is 5. The lowest BCUT2D eigenvalue weighted by molar-refractivity contribution is -0.118. The molecule has 0 unspecified atom stereocenters. The average Bonchev–Trinajstić information content (AvgIpc) is 2.83. The summed E-state index contributed by atoms with van der Waals surface area (Å²) in [6.45, 7) is 8.20. The van der Waals surface area contributed by atoms with Gasteiger partial charge >= 0.3 is 0 Å². The second-order valence-electron chi connectivity index (χ2n) is 7.29. The van der Waals surface area contributed by atoms with Crippen molar-refractivity contribution in [3.8, 4) is 0 Å². The number of para-hydroxylation sites is 1. The quantitative estimate of drug-likeness (QED) is 0.363. The number of thioether (sulfide) groups is 1. The van der Waals surface area contributed by atoms with Crippen molar-refractivity contribution in [2.45, 2.75) is 38.3 Å². The minimum Gasteiger partial charge on any atom is -0.347 e. The molecule has 0 fully saturated rings. The summed E-state index contributed by atoms with van der Waals surface area (Å²) in [5.74, 6) is 0.0259. The van der Waals surface area contributed by atoms with Crippen molar-refractivity contribution in [2.75, 3.05) is 17.7 Å². The zero-order valence-corrected chi connectivity index (χ0v) is 17.7. The van der Waals surface area contributed by atoms with E-state index in [4.69, 9.17) is 0 Å². The van der Waals surface area contributed by atoms with E-state index in [-0.39, 0.29) is 17.1 Å². The SMILES string of the molecule is Cc1cc(C)nc(SCC(=O)N/N=C/C=C2/N(C)c3ccccc3C2(C)C)n1. The molecule has 0 spiro atoms. The first-order valence-electron chi connectivity index (χ1n) is 9.10. The minimum absolute atomic E-state index is 0.113. The van der Waals surface area contributed by atoms with E-state index in [1.807, 2.05) is 39.1 Å². The Morgan fingerprint density at radius 2 is 1.93 bits per heavy atom. The molecule has 1 aliphatic rings. The number of amides is 1. The first-order valence-corrected chi connectivity index (χ1v) is 10.1. The Balaban J connectivity index is 1.58. The summed E-state index contributed by atoms with van der Waals surface area (Å²) in [7, 11) is 2.05. The number of allylic oxidation sites excluding steroid dienone is 2. The van der Waals surface area contributed by atoms with Crippen LogP contribution in [0.1, 0.15) is 30.8 Å². The highest BCUT2D eigenvalue weighted by Gasteiger charge is 2.37. The molecule has 0 saturated carbocycles. The van der Waals surface area contributed by atoms with Gasteiger partial charge in [0.15, 0.2) is 5.16 Å². The Hall–Kier alpha value is -2.67. The van der Waals surface area contributed by atoms with Crippen LogP contribution in [-0.4, -0.2) is 34.9 Å². The van der Waals surface area contributed by atoms with E-state index in [9.17, 15) is 4.79 Å². The standard InChI is InChI=1S/C21H25N5OS/c1-14-12-15(2)24-20(23-14)28-13-19(27)25-22-11-10-18-21(3,4)16-8-6-7-9-17(16)26(18)5/h6-12H,13H2,1-5H3,(H,25,27)/b18-10+,22-11+. The van der Waals surface area contributed by atoms with E-state index in [0.717, 1.165) is 17.1 Å². The van der Waals surface area contributed by atoms with Crippen LogP contribution < -0.4 is 10.3 Å². The van der Waals surface area contributed by atoms with Gasteiger partial charge in [-0.25, -0.2) is 15.4 Å². The van der Waals surface area contributed by atoms with Crippen molar-refractivity contribution < 1.29 is 4.79 Å². The lowest BCUT2D eigenvalue weighted by atomic mass is 9.84. The van der Waals surface area contributed by atoms with Crippen molar-refractivity contribution in [2.24, 2.45) is 5.10 Å². The van der Waals surface area contributed by atoms with E-state index < -0.39 is 0 Å². The zero-order valence-electron chi connectivity index (χ0n) is 16.9. The smallest absolute Gasteiger partial charge is 0.250 e. The van der Waals surface area contributed by atoms with E-state index in [0.29, 0.717) is 5.16 Å². The summed E-state index contributed by atoms with van der Waals surface area (Å²) >= 11 is 1.30. The van der Waals surface area contributed by atoms with Gasteiger partial charge in [0.25, 0.3) is 5.91 Å². The van der Waals surface area contributed by atoms with Gasteiger partial charge in [-0.15, -0.1) is 0 Å². The van der Waals surface area contributed by atoms with Crippen LogP contribution in [0.4, 0.5) is 5.69 Å². The lowest BCUT2D eigenvalue weighted by Crippen LogP contribution is -2.23. The second kappa shape index (κ2) is 8.14. The molecular weight excluding hydrogens is 370 g/mol. The molecule has 1 N–H and O–H groups in total. The fourth-order valence-corrected chi connectivity index (χ4v) is 4.18. The van der Waals surface area contributed by atoms with Gasteiger partial charge in [-0.2, -0.15) is 5.10 Å². The number of aromatic nitrogens is 2. The highest BCUT2D eigenvalue weighted by atomic mass is 32.2. The van der Waals surface area contributed by atoms with Gasteiger partial charge in [-0.05, 0) is 37.6 Å². The molecule has 1 aliphatic heterocycles. The molecule has 146 valence electrons. The van der Waals surface area contributed by atoms with Crippen LogP contribution in [0, 0.1) is 13.8 Å². The Bertz CT molecular complexity index is 931. The third-order valence-corrected chi connectivity index (χ3v) is 5.58. The van der Waals surface area contributed by atoms with Gasteiger partial charge in [0.05, 0.1) is 5.75 Å². The number of aryl methyl sites for hydroxylation is 2. The molecular formula is C21H25N5OS. The molecule has 1 amide bonds. The van der Waals surface area contributed by atoms with E-state index in [1.54, 1.807) is 6.21 Å². The van der Waals surface area contributed by atoms with E-state index >= 15 is 0 Å². The number of hydrogen-bond acceptors (Lipinski definition) is 6. The maximum absolute atomic E-state index is 12.0. The van der Waals surface area contributed by atoms with Gasteiger partial charge in [-0.1, -0.05) is 43.8 Å². The maximum Gasteiger partial charge on any atom is 0.250 e. The highest BCUT2D eigenvalue weighted by molar-refractivity contribution is 7.99. The van der Waals surface area contributed by atoms with Gasteiger partial charge in [-0.3, -0.25) is 4.79 Å². The van der Waals surface area contributed by atoms with Crippen LogP contribution in [0.25, 0.3) is 0 Å². The number of hydrazone groups is 1. The summed E-state index contributed by atoms with van der Waals surface area (Å²) in [6, 6.07) is 10.3. The van der Waals surface area contributed by atoms with Crippen LogP contribution in [0.3, 0.4) is 0 Å². The number of carbonyl (C=O) groups is 1. The molecule has 0 radical (unpaired) electrons. The average molecular weight is 396 g/mol. The number of nitrogens with one attached hydrogen (secondary N) is 1. The van der Waals surface area contributed by atoms with E-state index in [2.05, 4.69) is 57.4 Å². The lowest BCUT2D eigenvalue weighted by Gasteiger charge is -2.23.